The zero-order chi connectivity index (χ0) is 18.2. The predicted octanol–water partition coefficient (Wildman–Crippen LogP) is 2.10. The van der Waals surface area contributed by atoms with E-state index in [4.69, 9.17) is 14.2 Å². The average Bonchev–Trinajstić information content (AvgIpc) is 2.65. The smallest absolute Gasteiger partial charge is 0.222 e. The number of amides is 1. The van der Waals surface area contributed by atoms with Crippen molar-refractivity contribution in [3.63, 3.8) is 0 Å². The highest BCUT2D eigenvalue weighted by Crippen LogP contribution is 2.38. The first-order chi connectivity index (χ1) is 12.1. The molecule has 1 saturated heterocycles. The molecule has 2 rings (SSSR count). The number of rotatable bonds is 8. The minimum absolute atomic E-state index is 0.217. The van der Waals surface area contributed by atoms with Gasteiger partial charge in [0.2, 0.25) is 11.7 Å². The third-order valence-corrected chi connectivity index (χ3v) is 4.72. The van der Waals surface area contributed by atoms with E-state index >= 15 is 0 Å². The first-order valence-electron chi connectivity index (χ1n) is 8.84. The Kier molecular flexibility index (Phi) is 7.37. The van der Waals surface area contributed by atoms with E-state index in [0.29, 0.717) is 36.0 Å². The summed E-state index contributed by atoms with van der Waals surface area (Å²) in [6, 6.07) is 3.82. The summed E-state index contributed by atoms with van der Waals surface area (Å²) < 4.78 is 16.1. The van der Waals surface area contributed by atoms with Gasteiger partial charge in [0, 0.05) is 19.5 Å². The molecule has 0 spiro atoms. The van der Waals surface area contributed by atoms with Gasteiger partial charge in [-0.2, -0.15) is 0 Å². The van der Waals surface area contributed by atoms with E-state index in [2.05, 4.69) is 5.32 Å². The van der Waals surface area contributed by atoms with Gasteiger partial charge < -0.3 is 24.4 Å². The Morgan fingerprint density at radius 2 is 1.88 bits per heavy atom. The lowest BCUT2D eigenvalue weighted by Gasteiger charge is -2.32. The number of ether oxygens (including phenoxy) is 3. The van der Waals surface area contributed by atoms with Crippen LogP contribution in [0.2, 0.25) is 0 Å². The Morgan fingerprint density at radius 3 is 2.44 bits per heavy atom. The van der Waals surface area contributed by atoms with Crippen LogP contribution in [0, 0.1) is 5.92 Å². The number of methoxy groups -OCH3 is 3. The van der Waals surface area contributed by atoms with Crippen LogP contribution in [0.3, 0.4) is 0 Å². The number of carbonyl (C=O) groups excluding carboxylic acids is 1. The van der Waals surface area contributed by atoms with E-state index in [-0.39, 0.29) is 5.91 Å². The number of piperidine rings is 1. The number of nitrogens with one attached hydrogen (secondary N) is 1. The number of benzene rings is 1. The molecule has 1 heterocycles. The second-order valence-corrected chi connectivity index (χ2v) is 6.44. The average molecular weight is 350 g/mol. The van der Waals surface area contributed by atoms with Crippen LogP contribution in [0.15, 0.2) is 12.1 Å². The van der Waals surface area contributed by atoms with E-state index in [9.17, 15) is 4.79 Å². The van der Waals surface area contributed by atoms with Crippen LogP contribution in [0.25, 0.3) is 0 Å². The van der Waals surface area contributed by atoms with Crippen molar-refractivity contribution in [3.8, 4) is 17.2 Å². The minimum atomic E-state index is 0.217. The molecular formula is C19H30N2O4. The van der Waals surface area contributed by atoms with Gasteiger partial charge >= 0.3 is 0 Å². The molecule has 140 valence electrons. The fourth-order valence-corrected chi connectivity index (χ4v) is 3.44. The number of hydrogen-bond acceptors (Lipinski definition) is 5. The van der Waals surface area contributed by atoms with E-state index < -0.39 is 0 Å². The maximum Gasteiger partial charge on any atom is 0.222 e. The van der Waals surface area contributed by atoms with E-state index in [0.717, 1.165) is 31.6 Å². The van der Waals surface area contributed by atoms with E-state index in [1.54, 1.807) is 21.3 Å². The summed E-state index contributed by atoms with van der Waals surface area (Å²) in [4.78, 5) is 14.6. The molecule has 1 aliphatic rings. The predicted molar refractivity (Wildman–Crippen MR) is 97.6 cm³/mol. The molecule has 1 amide bonds. The Balaban J connectivity index is 1.99. The molecule has 1 aliphatic heterocycles. The van der Waals surface area contributed by atoms with Crippen molar-refractivity contribution in [1.29, 1.82) is 0 Å². The Morgan fingerprint density at radius 1 is 1.20 bits per heavy atom. The number of nitrogens with zero attached hydrogens (tertiary/aromatic N) is 1. The summed E-state index contributed by atoms with van der Waals surface area (Å²) >= 11 is 0. The van der Waals surface area contributed by atoms with Gasteiger partial charge in [-0.15, -0.1) is 0 Å². The van der Waals surface area contributed by atoms with Gasteiger partial charge in [0.1, 0.15) is 0 Å². The summed E-state index contributed by atoms with van der Waals surface area (Å²) in [5.41, 5.74) is 1.01. The number of hydrogen-bond donors (Lipinski definition) is 1. The highest BCUT2D eigenvalue weighted by atomic mass is 16.5. The van der Waals surface area contributed by atoms with Crippen LogP contribution < -0.4 is 19.5 Å². The van der Waals surface area contributed by atoms with Gasteiger partial charge in [-0.25, -0.2) is 0 Å². The monoisotopic (exact) mass is 350 g/mol. The highest BCUT2D eigenvalue weighted by Gasteiger charge is 2.23. The second-order valence-electron chi connectivity index (χ2n) is 6.44. The van der Waals surface area contributed by atoms with Crippen LogP contribution in [0.5, 0.6) is 17.2 Å². The lowest BCUT2D eigenvalue weighted by molar-refractivity contribution is -0.132. The molecule has 6 heteroatoms. The van der Waals surface area contributed by atoms with Gasteiger partial charge in [0.15, 0.2) is 11.5 Å². The Labute approximate surface area is 150 Å². The molecule has 1 aromatic rings. The molecular weight excluding hydrogens is 320 g/mol. The molecule has 0 radical (unpaired) electrons. The largest absolute Gasteiger partial charge is 0.493 e. The lowest BCUT2D eigenvalue weighted by Crippen LogP contribution is -2.42. The normalized spacial score (nSPS) is 17.3. The van der Waals surface area contributed by atoms with Crippen LogP contribution >= 0.6 is 0 Å². The summed E-state index contributed by atoms with van der Waals surface area (Å²) in [7, 11) is 6.75. The van der Waals surface area contributed by atoms with Gasteiger partial charge in [0.05, 0.1) is 21.3 Å². The fourth-order valence-electron chi connectivity index (χ4n) is 3.44. The second kappa shape index (κ2) is 9.51. The third kappa shape index (κ3) is 5.01. The molecule has 1 unspecified atom stereocenters. The molecule has 1 fully saturated rings. The summed E-state index contributed by atoms with van der Waals surface area (Å²) in [5, 5.41) is 3.21. The van der Waals surface area contributed by atoms with Crippen LogP contribution in [0.1, 0.15) is 24.8 Å². The van der Waals surface area contributed by atoms with Crippen molar-refractivity contribution in [3.05, 3.63) is 17.7 Å². The van der Waals surface area contributed by atoms with Crippen molar-refractivity contribution in [2.75, 3.05) is 48.0 Å². The maximum atomic E-state index is 12.6. The van der Waals surface area contributed by atoms with Gasteiger partial charge in [-0.05, 0) is 56.5 Å². The SMILES string of the molecule is CNCC1CCCN(C(=O)CCc2cc(OC)c(OC)c(OC)c2)C1. The molecule has 1 atom stereocenters. The molecule has 0 saturated carbocycles. The minimum Gasteiger partial charge on any atom is -0.493 e. The van der Waals surface area contributed by atoms with Crippen molar-refractivity contribution < 1.29 is 19.0 Å². The van der Waals surface area contributed by atoms with Crippen LogP contribution in [-0.4, -0.2) is 58.8 Å². The lowest BCUT2D eigenvalue weighted by atomic mass is 9.97. The van der Waals surface area contributed by atoms with Gasteiger partial charge in [0.25, 0.3) is 0 Å². The topological polar surface area (TPSA) is 60.0 Å². The standard InChI is InChI=1S/C19H30N2O4/c1-20-12-15-6-5-9-21(13-15)18(22)8-7-14-10-16(23-2)19(25-4)17(11-14)24-3/h10-11,15,20H,5-9,12-13H2,1-4H3. The van der Waals surface area contributed by atoms with Crippen LogP contribution in [0.4, 0.5) is 0 Å². The first kappa shape index (κ1) is 19.4. The molecule has 0 bridgehead atoms. The molecule has 0 aromatic heterocycles. The fraction of sp³-hybridized carbons (Fsp3) is 0.632. The van der Waals surface area contributed by atoms with Crippen molar-refractivity contribution in [1.82, 2.24) is 10.2 Å². The summed E-state index contributed by atoms with van der Waals surface area (Å²) in [5.74, 6) is 2.59. The van der Waals surface area contributed by atoms with Crippen molar-refractivity contribution in [2.24, 2.45) is 5.92 Å². The van der Waals surface area contributed by atoms with Crippen LogP contribution in [-0.2, 0) is 11.2 Å². The molecule has 1 aromatic carbocycles. The number of carbonyl (C=O) groups is 1. The van der Waals surface area contributed by atoms with Crippen molar-refractivity contribution in [2.45, 2.75) is 25.7 Å². The first-order valence-corrected chi connectivity index (χ1v) is 8.84. The zero-order valence-electron chi connectivity index (χ0n) is 15.8. The Bertz CT molecular complexity index is 550. The number of likely N-dealkylation sites (tertiary alicyclic amines) is 1. The maximum absolute atomic E-state index is 12.6. The Hall–Kier alpha value is -1.95. The molecule has 6 nitrogen and oxygen atoms in total. The third-order valence-electron chi connectivity index (χ3n) is 4.72. The van der Waals surface area contributed by atoms with Gasteiger partial charge in [-0.1, -0.05) is 0 Å². The van der Waals surface area contributed by atoms with Gasteiger partial charge in [-0.3, -0.25) is 4.79 Å². The molecule has 25 heavy (non-hydrogen) atoms. The highest BCUT2D eigenvalue weighted by molar-refractivity contribution is 5.76. The quantitative estimate of drug-likeness (QED) is 0.778. The summed E-state index contributed by atoms with van der Waals surface area (Å²) in [6.45, 7) is 2.69. The number of aryl methyl sites for hydroxylation is 1. The van der Waals surface area contributed by atoms with Crippen molar-refractivity contribution >= 4 is 5.91 Å². The molecule has 0 aliphatic carbocycles. The zero-order valence-corrected chi connectivity index (χ0v) is 15.8. The molecule has 1 N–H and O–H groups in total. The van der Waals surface area contributed by atoms with E-state index in [1.807, 2.05) is 24.1 Å². The van der Waals surface area contributed by atoms with E-state index in [1.165, 1.54) is 6.42 Å². The summed E-state index contributed by atoms with van der Waals surface area (Å²) in [6.07, 6.45) is 3.42.